The number of aryl methyl sites for hydroxylation is 1. The van der Waals surface area contributed by atoms with Gasteiger partial charge in [0.2, 0.25) is 0 Å². The van der Waals surface area contributed by atoms with E-state index in [4.69, 9.17) is 16.3 Å². The molecule has 0 unspecified atom stereocenters. The van der Waals surface area contributed by atoms with Crippen molar-refractivity contribution in [2.24, 2.45) is 0 Å². The summed E-state index contributed by atoms with van der Waals surface area (Å²) >= 11 is 8.42. The average molecular weight is 367 g/mol. The lowest BCUT2D eigenvalue weighted by atomic mass is 9.99. The number of rotatable bonds is 3. The Kier molecular flexibility index (Phi) is 4.99. The molecule has 3 nitrogen and oxygen atoms in total. The van der Waals surface area contributed by atoms with E-state index in [2.05, 4.69) is 39.5 Å². The standard InChI is InChI=1S/C12H16ClIN2O/c1-2-3-9-10(14)11(13)16-12(15-9)8-4-6-17-7-5-8/h8H,2-7H2,1H3. The largest absolute Gasteiger partial charge is 0.381 e. The van der Waals surface area contributed by atoms with Gasteiger partial charge in [0.1, 0.15) is 11.0 Å². The maximum atomic E-state index is 6.18. The molecule has 0 atom stereocenters. The van der Waals surface area contributed by atoms with Crippen LogP contribution in [0.3, 0.4) is 0 Å². The third kappa shape index (κ3) is 3.29. The van der Waals surface area contributed by atoms with Gasteiger partial charge < -0.3 is 4.74 Å². The van der Waals surface area contributed by atoms with Crippen LogP contribution in [0.4, 0.5) is 0 Å². The van der Waals surface area contributed by atoms with Crippen LogP contribution in [-0.2, 0) is 11.2 Å². The van der Waals surface area contributed by atoms with Crippen LogP contribution in [-0.4, -0.2) is 23.2 Å². The molecule has 1 aromatic rings. The van der Waals surface area contributed by atoms with Crippen molar-refractivity contribution >= 4 is 34.2 Å². The minimum atomic E-state index is 0.411. The van der Waals surface area contributed by atoms with Crippen molar-refractivity contribution in [1.82, 2.24) is 9.97 Å². The molecule has 0 N–H and O–H groups in total. The smallest absolute Gasteiger partial charge is 0.146 e. The van der Waals surface area contributed by atoms with Gasteiger partial charge in [0.05, 0.1) is 9.26 Å². The first-order valence-electron chi connectivity index (χ1n) is 6.02. The monoisotopic (exact) mass is 366 g/mol. The van der Waals surface area contributed by atoms with Crippen molar-refractivity contribution in [3.63, 3.8) is 0 Å². The Bertz CT molecular complexity index is 394. The maximum absolute atomic E-state index is 6.18. The first-order valence-corrected chi connectivity index (χ1v) is 7.47. The van der Waals surface area contributed by atoms with E-state index >= 15 is 0 Å². The summed E-state index contributed by atoms with van der Waals surface area (Å²) in [7, 11) is 0. The van der Waals surface area contributed by atoms with E-state index in [9.17, 15) is 0 Å². The molecular weight excluding hydrogens is 351 g/mol. The van der Waals surface area contributed by atoms with E-state index in [1.54, 1.807) is 0 Å². The summed E-state index contributed by atoms with van der Waals surface area (Å²) in [6.07, 6.45) is 4.05. The molecular formula is C12H16ClIN2O. The van der Waals surface area contributed by atoms with E-state index in [0.29, 0.717) is 11.1 Å². The summed E-state index contributed by atoms with van der Waals surface area (Å²) < 4.78 is 6.36. The van der Waals surface area contributed by atoms with Gasteiger partial charge in [0.25, 0.3) is 0 Å². The Morgan fingerprint density at radius 3 is 2.71 bits per heavy atom. The van der Waals surface area contributed by atoms with Crippen LogP contribution in [0, 0.1) is 3.57 Å². The predicted molar refractivity (Wildman–Crippen MR) is 76.5 cm³/mol. The zero-order valence-corrected chi connectivity index (χ0v) is 12.8. The number of hydrogen-bond donors (Lipinski definition) is 0. The van der Waals surface area contributed by atoms with Gasteiger partial charge in [0, 0.05) is 19.1 Å². The number of aromatic nitrogens is 2. The van der Waals surface area contributed by atoms with E-state index in [-0.39, 0.29) is 0 Å². The molecule has 0 aliphatic carbocycles. The van der Waals surface area contributed by atoms with Gasteiger partial charge >= 0.3 is 0 Å². The normalized spacial score (nSPS) is 17.4. The SMILES string of the molecule is CCCc1nc(C2CCOCC2)nc(Cl)c1I. The van der Waals surface area contributed by atoms with Crippen LogP contribution in [0.2, 0.25) is 5.15 Å². The lowest BCUT2D eigenvalue weighted by Crippen LogP contribution is -2.17. The lowest BCUT2D eigenvalue weighted by Gasteiger charge is -2.21. The van der Waals surface area contributed by atoms with Crippen molar-refractivity contribution in [1.29, 1.82) is 0 Å². The number of ether oxygens (including phenoxy) is 1. The predicted octanol–water partition coefficient (Wildman–Crippen LogP) is 3.58. The van der Waals surface area contributed by atoms with Crippen LogP contribution in [0.5, 0.6) is 0 Å². The fourth-order valence-electron chi connectivity index (χ4n) is 2.02. The van der Waals surface area contributed by atoms with Crippen LogP contribution < -0.4 is 0 Å². The first kappa shape index (κ1) is 13.5. The van der Waals surface area contributed by atoms with Gasteiger partial charge in [-0.3, -0.25) is 0 Å². The molecule has 2 heterocycles. The summed E-state index contributed by atoms with van der Waals surface area (Å²) in [4.78, 5) is 9.12. The van der Waals surface area contributed by atoms with Crippen molar-refractivity contribution in [3.8, 4) is 0 Å². The third-order valence-electron chi connectivity index (χ3n) is 2.97. The van der Waals surface area contributed by atoms with E-state index in [1.165, 1.54) is 0 Å². The molecule has 5 heteroatoms. The summed E-state index contributed by atoms with van der Waals surface area (Å²) in [5.74, 6) is 1.32. The van der Waals surface area contributed by atoms with Gasteiger partial charge in [-0.15, -0.1) is 0 Å². The summed E-state index contributed by atoms with van der Waals surface area (Å²) in [5.41, 5.74) is 1.09. The average Bonchev–Trinajstić information content (AvgIpc) is 2.36. The third-order valence-corrected chi connectivity index (χ3v) is 4.70. The van der Waals surface area contributed by atoms with Gasteiger partial charge in [-0.25, -0.2) is 9.97 Å². The molecule has 1 aliphatic heterocycles. The molecule has 1 saturated heterocycles. The van der Waals surface area contributed by atoms with E-state index < -0.39 is 0 Å². The van der Waals surface area contributed by atoms with Crippen molar-refractivity contribution in [2.75, 3.05) is 13.2 Å². The van der Waals surface area contributed by atoms with Crippen LogP contribution >= 0.6 is 34.2 Å². The fraction of sp³-hybridized carbons (Fsp3) is 0.667. The second kappa shape index (κ2) is 6.29. The molecule has 0 saturated carbocycles. The first-order chi connectivity index (χ1) is 8.22. The molecule has 17 heavy (non-hydrogen) atoms. The summed E-state index contributed by atoms with van der Waals surface area (Å²) in [6, 6.07) is 0. The minimum absolute atomic E-state index is 0.411. The highest BCUT2D eigenvalue weighted by molar-refractivity contribution is 14.1. The van der Waals surface area contributed by atoms with E-state index in [0.717, 1.165) is 54.0 Å². The van der Waals surface area contributed by atoms with Gasteiger partial charge in [0.15, 0.2) is 0 Å². The molecule has 0 spiro atoms. The van der Waals surface area contributed by atoms with Crippen LogP contribution in [0.1, 0.15) is 43.6 Å². The highest BCUT2D eigenvalue weighted by Gasteiger charge is 2.21. The van der Waals surface area contributed by atoms with Crippen molar-refractivity contribution < 1.29 is 4.74 Å². The van der Waals surface area contributed by atoms with Gasteiger partial charge in [-0.05, 0) is 41.9 Å². The molecule has 0 amide bonds. The van der Waals surface area contributed by atoms with Crippen LogP contribution in [0.25, 0.3) is 0 Å². The molecule has 1 aliphatic rings. The molecule has 0 aromatic carbocycles. The Labute approximate surface area is 120 Å². The Morgan fingerprint density at radius 1 is 1.35 bits per heavy atom. The number of halogens is 2. The topological polar surface area (TPSA) is 35.0 Å². The van der Waals surface area contributed by atoms with Crippen molar-refractivity contribution in [3.05, 3.63) is 20.2 Å². The molecule has 1 aromatic heterocycles. The molecule has 94 valence electrons. The summed E-state index contributed by atoms with van der Waals surface area (Å²) in [6.45, 7) is 3.77. The van der Waals surface area contributed by atoms with E-state index in [1.807, 2.05) is 0 Å². The second-order valence-corrected chi connectivity index (χ2v) is 5.71. The summed E-state index contributed by atoms with van der Waals surface area (Å²) in [5, 5.41) is 0.602. The Hall–Kier alpha value is 0.0600. The number of hydrogen-bond acceptors (Lipinski definition) is 3. The number of nitrogens with zero attached hydrogens (tertiary/aromatic N) is 2. The quantitative estimate of drug-likeness (QED) is 0.606. The second-order valence-electron chi connectivity index (χ2n) is 4.27. The maximum Gasteiger partial charge on any atom is 0.146 e. The zero-order valence-electron chi connectivity index (χ0n) is 9.88. The molecule has 2 rings (SSSR count). The Balaban J connectivity index is 2.27. The molecule has 1 fully saturated rings. The minimum Gasteiger partial charge on any atom is -0.381 e. The molecule has 0 radical (unpaired) electrons. The highest BCUT2D eigenvalue weighted by atomic mass is 127. The zero-order chi connectivity index (χ0) is 12.3. The lowest BCUT2D eigenvalue weighted by molar-refractivity contribution is 0.0835. The highest BCUT2D eigenvalue weighted by Crippen LogP contribution is 2.28. The Morgan fingerprint density at radius 2 is 2.06 bits per heavy atom. The molecule has 0 bridgehead atoms. The fourth-order valence-corrected chi connectivity index (χ4v) is 2.73. The van der Waals surface area contributed by atoms with Crippen molar-refractivity contribution in [2.45, 2.75) is 38.5 Å². The van der Waals surface area contributed by atoms with Gasteiger partial charge in [-0.2, -0.15) is 0 Å². The van der Waals surface area contributed by atoms with Gasteiger partial charge in [-0.1, -0.05) is 24.9 Å². The van der Waals surface area contributed by atoms with Crippen LogP contribution in [0.15, 0.2) is 0 Å².